The number of halogens is 4. The van der Waals surface area contributed by atoms with Crippen LogP contribution < -0.4 is 16.0 Å². The largest absolute Gasteiger partial charge is 0.417 e. The van der Waals surface area contributed by atoms with Crippen molar-refractivity contribution >= 4 is 40.6 Å². The fourth-order valence-corrected chi connectivity index (χ4v) is 4.59. The van der Waals surface area contributed by atoms with Crippen LogP contribution in [-0.4, -0.2) is 69.7 Å². The zero-order chi connectivity index (χ0) is 29.7. The number of benzene rings is 2. The van der Waals surface area contributed by atoms with Crippen LogP contribution in [0, 0.1) is 6.92 Å². The molecule has 14 heteroatoms. The van der Waals surface area contributed by atoms with E-state index in [1.165, 1.54) is 12.4 Å². The van der Waals surface area contributed by atoms with Gasteiger partial charge in [-0.3, -0.25) is 14.3 Å². The summed E-state index contributed by atoms with van der Waals surface area (Å²) in [6.45, 7) is 6.76. The summed E-state index contributed by atoms with van der Waals surface area (Å²) in [7, 11) is 0. The first-order chi connectivity index (χ1) is 20.2. The Morgan fingerprint density at radius 1 is 1.07 bits per heavy atom. The van der Waals surface area contributed by atoms with Crippen LogP contribution in [0.3, 0.4) is 0 Å². The molecule has 2 aromatic carbocycles. The molecule has 1 aliphatic rings. The number of aryl methyl sites for hydroxylation is 1. The Hall–Kier alpha value is -4.20. The van der Waals surface area contributed by atoms with Gasteiger partial charge in [-0.2, -0.15) is 13.2 Å². The van der Waals surface area contributed by atoms with Gasteiger partial charge in [0.15, 0.2) is 0 Å². The normalized spacial score (nSPS) is 14.0. The van der Waals surface area contributed by atoms with E-state index in [2.05, 4.69) is 35.8 Å². The van der Waals surface area contributed by atoms with Crippen molar-refractivity contribution in [1.82, 2.24) is 24.4 Å². The van der Waals surface area contributed by atoms with Gasteiger partial charge in [0.25, 0.3) is 5.91 Å². The quantitative estimate of drug-likeness (QED) is 0.235. The number of anilines is 4. The summed E-state index contributed by atoms with van der Waals surface area (Å²) in [5, 5.41) is 8.75. The molecule has 0 aliphatic carbocycles. The SMILES string of the molecule is Cc1ccc(NC(=O)c2ccc(Cl)c(C(F)(F)F)c2)cc1Nc1nccn1-c1cc(NCCN2CCOCC2)ncn1. The summed E-state index contributed by atoms with van der Waals surface area (Å²) in [4.78, 5) is 28.2. The van der Waals surface area contributed by atoms with Crippen LogP contribution >= 0.6 is 11.6 Å². The average Bonchev–Trinajstić information content (AvgIpc) is 3.43. The fraction of sp³-hybridized carbons (Fsp3) is 0.286. The Kier molecular flexibility index (Phi) is 8.90. The molecule has 3 heterocycles. The van der Waals surface area contributed by atoms with E-state index in [4.69, 9.17) is 16.3 Å². The topological polar surface area (TPSA) is 109 Å². The molecule has 0 radical (unpaired) electrons. The second kappa shape index (κ2) is 12.8. The van der Waals surface area contributed by atoms with E-state index < -0.39 is 22.7 Å². The van der Waals surface area contributed by atoms with Crippen LogP contribution in [0.5, 0.6) is 0 Å². The summed E-state index contributed by atoms with van der Waals surface area (Å²) in [5.41, 5.74) is 0.612. The Morgan fingerprint density at radius 3 is 2.67 bits per heavy atom. The predicted molar refractivity (Wildman–Crippen MR) is 154 cm³/mol. The van der Waals surface area contributed by atoms with Crippen LogP contribution in [0.25, 0.3) is 5.82 Å². The molecule has 42 heavy (non-hydrogen) atoms. The van der Waals surface area contributed by atoms with Crippen LogP contribution in [0.15, 0.2) is 61.2 Å². The number of nitrogens with zero attached hydrogens (tertiary/aromatic N) is 5. The van der Waals surface area contributed by atoms with Gasteiger partial charge in [-0.1, -0.05) is 17.7 Å². The van der Waals surface area contributed by atoms with Gasteiger partial charge < -0.3 is 20.7 Å². The minimum Gasteiger partial charge on any atom is -0.379 e. The minimum atomic E-state index is -4.68. The summed E-state index contributed by atoms with van der Waals surface area (Å²) in [6.07, 6.45) is 0.163. The molecule has 220 valence electrons. The molecule has 0 unspecified atom stereocenters. The highest BCUT2D eigenvalue weighted by molar-refractivity contribution is 6.31. The highest BCUT2D eigenvalue weighted by Gasteiger charge is 2.33. The maximum absolute atomic E-state index is 13.2. The van der Waals surface area contributed by atoms with Gasteiger partial charge in [0.1, 0.15) is 18.0 Å². The van der Waals surface area contributed by atoms with Gasteiger partial charge in [-0.05, 0) is 42.8 Å². The van der Waals surface area contributed by atoms with Gasteiger partial charge in [0, 0.05) is 61.6 Å². The van der Waals surface area contributed by atoms with Crippen LogP contribution in [0.2, 0.25) is 5.02 Å². The third kappa shape index (κ3) is 7.16. The van der Waals surface area contributed by atoms with Crippen LogP contribution in [0.1, 0.15) is 21.5 Å². The zero-order valence-corrected chi connectivity index (χ0v) is 23.3. The number of amides is 1. The summed E-state index contributed by atoms with van der Waals surface area (Å²) in [6, 6.07) is 9.95. The van der Waals surface area contributed by atoms with Crippen molar-refractivity contribution in [3.05, 3.63) is 82.9 Å². The number of aromatic nitrogens is 4. The van der Waals surface area contributed by atoms with Gasteiger partial charge in [-0.15, -0.1) is 0 Å². The lowest BCUT2D eigenvalue weighted by molar-refractivity contribution is -0.137. The van der Waals surface area contributed by atoms with Crippen molar-refractivity contribution in [2.24, 2.45) is 0 Å². The summed E-state index contributed by atoms with van der Waals surface area (Å²) in [5.74, 6) is 1.02. The van der Waals surface area contributed by atoms with Crippen molar-refractivity contribution in [3.63, 3.8) is 0 Å². The van der Waals surface area contributed by atoms with E-state index in [9.17, 15) is 18.0 Å². The molecule has 0 spiro atoms. The highest BCUT2D eigenvalue weighted by atomic mass is 35.5. The molecule has 1 aliphatic heterocycles. The minimum absolute atomic E-state index is 0.171. The predicted octanol–water partition coefficient (Wildman–Crippen LogP) is 5.38. The number of carbonyl (C=O) groups is 1. The van der Waals surface area contributed by atoms with Crippen molar-refractivity contribution < 1.29 is 22.7 Å². The van der Waals surface area contributed by atoms with E-state index in [-0.39, 0.29) is 5.56 Å². The molecule has 0 atom stereocenters. The van der Waals surface area contributed by atoms with Crippen LogP contribution in [-0.2, 0) is 10.9 Å². The lowest BCUT2D eigenvalue weighted by Gasteiger charge is -2.26. The highest BCUT2D eigenvalue weighted by Crippen LogP contribution is 2.35. The first-order valence-electron chi connectivity index (χ1n) is 13.1. The van der Waals surface area contributed by atoms with Gasteiger partial charge in [0.05, 0.1) is 23.8 Å². The van der Waals surface area contributed by atoms with Gasteiger partial charge >= 0.3 is 6.18 Å². The zero-order valence-electron chi connectivity index (χ0n) is 22.6. The fourth-order valence-electron chi connectivity index (χ4n) is 4.36. The van der Waals surface area contributed by atoms with Crippen molar-refractivity contribution in [2.75, 3.05) is 55.3 Å². The molecule has 3 N–H and O–H groups in total. The third-order valence-corrected chi connectivity index (χ3v) is 6.98. The van der Waals surface area contributed by atoms with E-state index >= 15 is 0 Å². The molecule has 0 bridgehead atoms. The van der Waals surface area contributed by atoms with Gasteiger partial charge in [-0.25, -0.2) is 15.0 Å². The molecule has 0 saturated carbocycles. The number of carbonyl (C=O) groups excluding carboxylic acids is 1. The van der Waals surface area contributed by atoms with E-state index in [0.29, 0.717) is 29.0 Å². The number of imidazole rings is 1. The molecular weight excluding hydrogens is 573 g/mol. The second-order valence-corrected chi connectivity index (χ2v) is 9.97. The lowest BCUT2D eigenvalue weighted by Crippen LogP contribution is -2.39. The smallest absolute Gasteiger partial charge is 0.379 e. The van der Waals surface area contributed by atoms with Crippen molar-refractivity contribution in [1.29, 1.82) is 0 Å². The van der Waals surface area contributed by atoms with E-state index in [0.717, 1.165) is 57.1 Å². The Balaban J connectivity index is 1.28. The Bertz CT molecular complexity index is 1560. The molecule has 4 aromatic rings. The van der Waals surface area contributed by atoms with E-state index in [1.807, 2.05) is 13.0 Å². The molecular formula is C28H28ClF3N8O2. The molecule has 1 fully saturated rings. The molecule has 1 amide bonds. The lowest BCUT2D eigenvalue weighted by atomic mass is 10.1. The van der Waals surface area contributed by atoms with Crippen LogP contribution in [0.4, 0.5) is 36.3 Å². The number of hydrogen-bond donors (Lipinski definition) is 3. The Labute approximate surface area is 244 Å². The number of hydrogen-bond acceptors (Lipinski definition) is 8. The van der Waals surface area contributed by atoms with Gasteiger partial charge in [0.2, 0.25) is 5.95 Å². The second-order valence-electron chi connectivity index (χ2n) is 9.56. The monoisotopic (exact) mass is 600 g/mol. The van der Waals surface area contributed by atoms with Crippen molar-refractivity contribution in [3.8, 4) is 5.82 Å². The number of rotatable bonds is 9. The third-order valence-electron chi connectivity index (χ3n) is 6.65. The number of ether oxygens (including phenoxy) is 1. The number of morpholine rings is 1. The Morgan fingerprint density at radius 2 is 1.88 bits per heavy atom. The summed E-state index contributed by atoms with van der Waals surface area (Å²) < 4.78 is 46.9. The maximum atomic E-state index is 13.2. The molecule has 5 rings (SSSR count). The number of nitrogens with one attached hydrogen (secondary N) is 3. The van der Waals surface area contributed by atoms with Crippen molar-refractivity contribution in [2.45, 2.75) is 13.1 Å². The first kappa shape index (κ1) is 29.3. The maximum Gasteiger partial charge on any atom is 0.417 e. The summed E-state index contributed by atoms with van der Waals surface area (Å²) >= 11 is 5.68. The molecule has 10 nitrogen and oxygen atoms in total. The number of alkyl halides is 3. The molecule has 1 saturated heterocycles. The molecule has 2 aromatic heterocycles. The average molecular weight is 601 g/mol. The first-order valence-corrected chi connectivity index (χ1v) is 13.5. The van der Waals surface area contributed by atoms with E-state index in [1.54, 1.807) is 35.2 Å². The standard InChI is InChI=1S/C28H28ClF3N8O2/c1-18-2-4-20(37-26(41)19-3-5-22(29)21(14-19)28(30,31)32)15-23(18)38-27-34-7-9-40(27)25-16-24(35-17-36-25)33-6-8-39-10-12-42-13-11-39/h2-5,7,9,14-17H,6,8,10-13H2,1H3,(H,34,38)(H,37,41)(H,33,35,36).